The molecule has 4 rings (SSSR count). The normalized spacial score (nSPS) is 20.1. The van der Waals surface area contributed by atoms with Gasteiger partial charge in [0.2, 0.25) is 0 Å². The van der Waals surface area contributed by atoms with E-state index in [1.807, 2.05) is 35.9 Å². The van der Waals surface area contributed by atoms with Crippen molar-refractivity contribution < 1.29 is 4.79 Å². The highest BCUT2D eigenvalue weighted by Crippen LogP contribution is 2.33. The van der Waals surface area contributed by atoms with E-state index >= 15 is 0 Å². The van der Waals surface area contributed by atoms with Crippen LogP contribution in [0.2, 0.25) is 0 Å². The first-order valence-corrected chi connectivity index (χ1v) is 10.5. The Morgan fingerprint density at radius 2 is 1.96 bits per heavy atom. The number of piperidine rings is 1. The van der Waals surface area contributed by atoms with Crippen LogP contribution < -0.4 is 5.32 Å². The number of hydrogen-bond acceptors (Lipinski definition) is 6. The zero-order valence-corrected chi connectivity index (χ0v) is 16.8. The second-order valence-corrected chi connectivity index (χ2v) is 8.54. The number of carbonyl (C=O) groups excluding carboxylic acids is 1. The summed E-state index contributed by atoms with van der Waals surface area (Å²) in [4.78, 5) is 31.7. The van der Waals surface area contributed by atoms with Gasteiger partial charge < -0.3 is 15.1 Å². The van der Waals surface area contributed by atoms with Crippen LogP contribution in [0.3, 0.4) is 0 Å². The third-order valence-corrected chi connectivity index (χ3v) is 6.01. The Morgan fingerprint density at radius 1 is 1.15 bits per heavy atom. The van der Waals surface area contributed by atoms with Crippen LogP contribution in [0.1, 0.15) is 54.5 Å². The largest absolute Gasteiger partial charge is 0.325 e. The summed E-state index contributed by atoms with van der Waals surface area (Å²) < 4.78 is 0. The highest BCUT2D eigenvalue weighted by atomic mass is 32.1. The van der Waals surface area contributed by atoms with Gasteiger partial charge in [-0.25, -0.2) is 19.7 Å². The number of nitrogens with zero attached hydrogens (tertiary/aromatic N) is 5. The van der Waals surface area contributed by atoms with Crippen molar-refractivity contribution in [2.75, 3.05) is 25.0 Å². The van der Waals surface area contributed by atoms with Crippen LogP contribution in [0.15, 0.2) is 12.3 Å². The third-order valence-electron chi connectivity index (χ3n) is 5.18. The van der Waals surface area contributed by atoms with Gasteiger partial charge in [0.1, 0.15) is 11.6 Å². The average Bonchev–Trinajstić information content (AvgIpc) is 3.30. The van der Waals surface area contributed by atoms with Gasteiger partial charge in [-0.05, 0) is 46.0 Å². The van der Waals surface area contributed by atoms with Gasteiger partial charge in [-0.15, -0.1) is 11.3 Å². The van der Waals surface area contributed by atoms with Gasteiger partial charge in [-0.1, -0.05) is 0 Å². The monoisotopic (exact) mass is 386 g/mol. The number of likely N-dealkylation sites (tertiary alicyclic amines) is 2. The van der Waals surface area contributed by atoms with E-state index in [-0.39, 0.29) is 12.1 Å². The zero-order chi connectivity index (χ0) is 18.8. The molecule has 2 saturated heterocycles. The maximum atomic E-state index is 13.0. The molecule has 0 unspecified atom stereocenters. The number of carbonyl (C=O) groups is 1. The Bertz CT molecular complexity index is 816. The van der Waals surface area contributed by atoms with Crippen LogP contribution in [0.4, 0.5) is 15.7 Å². The summed E-state index contributed by atoms with van der Waals surface area (Å²) in [7, 11) is 0. The number of thiazole rings is 1. The fourth-order valence-electron chi connectivity index (χ4n) is 3.92. The molecule has 144 valence electrons. The predicted molar refractivity (Wildman–Crippen MR) is 106 cm³/mol. The van der Waals surface area contributed by atoms with E-state index in [0.29, 0.717) is 5.82 Å². The number of rotatable bonds is 3. The Balaban J connectivity index is 1.55. The number of urea groups is 1. The van der Waals surface area contributed by atoms with E-state index in [9.17, 15) is 4.79 Å². The Labute approximate surface area is 163 Å². The van der Waals surface area contributed by atoms with Gasteiger partial charge in [-0.3, -0.25) is 0 Å². The van der Waals surface area contributed by atoms with Crippen LogP contribution in [0, 0.1) is 13.8 Å². The Morgan fingerprint density at radius 3 is 2.70 bits per heavy atom. The molecule has 2 fully saturated rings. The second kappa shape index (κ2) is 7.80. The summed E-state index contributed by atoms with van der Waals surface area (Å²) in [6.45, 7) is 6.48. The van der Waals surface area contributed by atoms with Crippen molar-refractivity contribution in [1.82, 2.24) is 24.8 Å². The van der Waals surface area contributed by atoms with Crippen LogP contribution in [0.5, 0.6) is 0 Å². The number of aryl methyl sites for hydroxylation is 2. The molecule has 2 aliphatic heterocycles. The Hall–Kier alpha value is -2.22. The van der Waals surface area contributed by atoms with E-state index in [2.05, 4.69) is 20.3 Å². The minimum absolute atomic E-state index is 0.0275. The van der Waals surface area contributed by atoms with E-state index in [1.165, 1.54) is 6.42 Å². The van der Waals surface area contributed by atoms with Crippen molar-refractivity contribution >= 4 is 28.3 Å². The molecule has 2 amide bonds. The average molecular weight is 387 g/mol. The van der Waals surface area contributed by atoms with Crippen molar-refractivity contribution in [2.24, 2.45) is 0 Å². The third kappa shape index (κ3) is 4.05. The second-order valence-electron chi connectivity index (χ2n) is 7.31. The molecule has 1 atom stereocenters. The van der Waals surface area contributed by atoms with E-state index in [0.717, 1.165) is 66.8 Å². The minimum atomic E-state index is 0.0275. The molecule has 0 spiro atoms. The molecule has 0 saturated carbocycles. The zero-order valence-electron chi connectivity index (χ0n) is 15.9. The first-order chi connectivity index (χ1) is 13.1. The van der Waals surface area contributed by atoms with E-state index in [1.54, 1.807) is 11.3 Å². The lowest BCUT2D eigenvalue weighted by atomic mass is 10.1. The molecule has 27 heavy (non-hydrogen) atoms. The smallest absolute Gasteiger partial charge is 0.320 e. The van der Waals surface area contributed by atoms with Crippen molar-refractivity contribution in [1.29, 1.82) is 0 Å². The highest BCUT2D eigenvalue weighted by Gasteiger charge is 2.34. The molecule has 0 bridgehead atoms. The first kappa shape index (κ1) is 18.2. The lowest BCUT2D eigenvalue weighted by Crippen LogP contribution is -2.45. The fourth-order valence-corrected chi connectivity index (χ4v) is 4.59. The number of anilines is 2. The fraction of sp³-hybridized carbons (Fsp3) is 0.579. The minimum Gasteiger partial charge on any atom is -0.325 e. The summed E-state index contributed by atoms with van der Waals surface area (Å²) in [5.74, 6) is 1.45. The van der Waals surface area contributed by atoms with Crippen LogP contribution in [0.25, 0.3) is 0 Å². The molecular formula is C19H26N6OS. The van der Waals surface area contributed by atoms with Gasteiger partial charge >= 0.3 is 6.03 Å². The molecule has 2 aliphatic rings. The van der Waals surface area contributed by atoms with Gasteiger partial charge in [0.05, 0.1) is 11.7 Å². The Kier molecular flexibility index (Phi) is 5.24. The lowest BCUT2D eigenvalue weighted by molar-refractivity contribution is 0.138. The predicted octanol–water partition coefficient (Wildman–Crippen LogP) is 4.04. The lowest BCUT2D eigenvalue weighted by Gasteiger charge is -2.33. The standard InChI is InChI=1S/C19H26N6OS/c1-13-12-20-18(27-13)23-17-11-15(21-14(2)22-17)16-7-6-10-25(16)19(26)24-8-4-3-5-9-24/h11-12,16H,3-10H2,1-2H3,(H,20,21,22,23)/t16-/m1/s1. The summed E-state index contributed by atoms with van der Waals surface area (Å²) >= 11 is 1.60. The molecule has 4 heterocycles. The molecule has 8 heteroatoms. The van der Waals surface area contributed by atoms with Gasteiger partial charge in [0.15, 0.2) is 5.13 Å². The van der Waals surface area contributed by atoms with Crippen LogP contribution >= 0.6 is 11.3 Å². The summed E-state index contributed by atoms with van der Waals surface area (Å²) in [5.41, 5.74) is 0.918. The molecule has 0 aliphatic carbocycles. The van der Waals surface area contributed by atoms with Gasteiger partial charge in [0.25, 0.3) is 0 Å². The van der Waals surface area contributed by atoms with Crippen molar-refractivity contribution in [3.63, 3.8) is 0 Å². The molecule has 2 aromatic heterocycles. The molecule has 0 aromatic carbocycles. The topological polar surface area (TPSA) is 74.2 Å². The maximum Gasteiger partial charge on any atom is 0.320 e. The van der Waals surface area contributed by atoms with Crippen molar-refractivity contribution in [2.45, 2.75) is 52.0 Å². The summed E-state index contributed by atoms with van der Waals surface area (Å²) in [6.07, 6.45) is 7.26. The van der Waals surface area contributed by atoms with Crippen molar-refractivity contribution in [3.05, 3.63) is 28.7 Å². The molecule has 2 aromatic rings. The molecule has 0 radical (unpaired) electrons. The molecule has 7 nitrogen and oxygen atoms in total. The highest BCUT2D eigenvalue weighted by molar-refractivity contribution is 7.15. The van der Waals surface area contributed by atoms with Gasteiger partial charge in [0, 0.05) is 36.8 Å². The summed E-state index contributed by atoms with van der Waals surface area (Å²) in [6, 6.07) is 2.16. The number of nitrogens with one attached hydrogen (secondary N) is 1. The SMILES string of the molecule is Cc1nc(Nc2ncc(C)s2)cc([C@H]2CCCN2C(=O)N2CCCCC2)n1. The van der Waals surface area contributed by atoms with Crippen molar-refractivity contribution in [3.8, 4) is 0 Å². The number of hydrogen-bond donors (Lipinski definition) is 1. The quantitative estimate of drug-likeness (QED) is 0.862. The van der Waals surface area contributed by atoms with E-state index < -0.39 is 0 Å². The summed E-state index contributed by atoms with van der Waals surface area (Å²) in [5, 5.41) is 4.10. The molecule has 1 N–H and O–H groups in total. The van der Waals surface area contributed by atoms with Gasteiger partial charge in [-0.2, -0.15) is 0 Å². The maximum absolute atomic E-state index is 13.0. The van der Waals surface area contributed by atoms with E-state index in [4.69, 9.17) is 0 Å². The molecular weight excluding hydrogens is 360 g/mol. The number of amides is 2. The van der Waals surface area contributed by atoms with Crippen LogP contribution in [-0.4, -0.2) is 50.4 Å². The van der Waals surface area contributed by atoms with Crippen LogP contribution in [-0.2, 0) is 0 Å². The first-order valence-electron chi connectivity index (χ1n) is 9.71. The number of aromatic nitrogens is 3.